The number of carbonyl (C=O) groups excluding carboxylic acids is 1. The number of hydrogen-bond donors (Lipinski definition) is 1. The predicted octanol–water partition coefficient (Wildman–Crippen LogP) is 3.94. The molecule has 0 aliphatic carbocycles. The Morgan fingerprint density at radius 2 is 2.24 bits per heavy atom. The molecule has 2 rings (SSSR count). The van der Waals surface area contributed by atoms with Crippen molar-refractivity contribution >= 4 is 51.4 Å². The van der Waals surface area contributed by atoms with Crippen LogP contribution >= 0.6 is 45.5 Å². The Morgan fingerprint density at radius 3 is 2.88 bits per heavy atom. The average Bonchev–Trinajstić information content (AvgIpc) is 2.73. The molecule has 1 aromatic heterocycles. The molecule has 0 aliphatic rings. The van der Waals surface area contributed by atoms with Crippen molar-refractivity contribution in [1.82, 2.24) is 5.32 Å². The Labute approximate surface area is 122 Å². The predicted molar refractivity (Wildman–Crippen MR) is 79.7 cm³/mol. The number of hydrogen-bond acceptors (Lipinski definition) is 2. The van der Waals surface area contributed by atoms with Gasteiger partial charge in [0.2, 0.25) is 0 Å². The molecule has 5 heteroatoms. The van der Waals surface area contributed by atoms with E-state index in [1.807, 2.05) is 35.7 Å². The highest BCUT2D eigenvalue weighted by Crippen LogP contribution is 2.16. The third kappa shape index (κ3) is 3.69. The monoisotopic (exact) mass is 377 g/mol. The number of halogens is 2. The van der Waals surface area contributed by atoms with Gasteiger partial charge in [0, 0.05) is 16.9 Å². The van der Waals surface area contributed by atoms with Crippen LogP contribution in [-0.2, 0) is 6.54 Å². The molecule has 0 bridgehead atoms. The van der Waals surface area contributed by atoms with Gasteiger partial charge in [0.05, 0.1) is 8.45 Å². The second-order valence-corrected chi connectivity index (χ2v) is 6.69. The molecule has 0 fully saturated rings. The fraction of sp³-hybridized carbons (Fsp3) is 0.0833. The maximum absolute atomic E-state index is 11.8. The maximum Gasteiger partial charge on any atom is 0.252 e. The van der Waals surface area contributed by atoms with E-state index in [4.69, 9.17) is 11.6 Å². The molecule has 1 aromatic carbocycles. The first-order valence-electron chi connectivity index (χ1n) is 4.92. The first-order valence-corrected chi connectivity index (χ1v) is 7.25. The van der Waals surface area contributed by atoms with Crippen molar-refractivity contribution < 1.29 is 4.79 Å². The Kier molecular flexibility index (Phi) is 4.42. The Morgan fingerprint density at radius 1 is 1.41 bits per heavy atom. The van der Waals surface area contributed by atoms with E-state index in [0.717, 1.165) is 8.45 Å². The lowest BCUT2D eigenvalue weighted by atomic mass is 10.2. The number of carbonyl (C=O) groups is 1. The highest BCUT2D eigenvalue weighted by molar-refractivity contribution is 14.1. The summed E-state index contributed by atoms with van der Waals surface area (Å²) in [4.78, 5) is 11.8. The van der Waals surface area contributed by atoms with E-state index in [1.54, 1.807) is 11.3 Å². The molecule has 1 N–H and O–H groups in total. The van der Waals surface area contributed by atoms with E-state index in [1.165, 1.54) is 0 Å². The van der Waals surface area contributed by atoms with Crippen LogP contribution in [0.5, 0.6) is 0 Å². The molecular formula is C12H9ClINOS. The summed E-state index contributed by atoms with van der Waals surface area (Å²) in [5, 5.41) is 5.40. The molecule has 0 aliphatic heterocycles. The third-order valence-corrected chi connectivity index (χ3v) is 4.20. The minimum absolute atomic E-state index is 0.0517. The summed E-state index contributed by atoms with van der Waals surface area (Å²) in [5.74, 6) is -0.0517. The summed E-state index contributed by atoms with van der Waals surface area (Å²) >= 11 is 9.63. The lowest BCUT2D eigenvalue weighted by molar-refractivity contribution is 0.0951. The highest BCUT2D eigenvalue weighted by Gasteiger charge is 2.07. The average molecular weight is 378 g/mol. The molecule has 2 aromatic rings. The second-order valence-electron chi connectivity index (χ2n) is 3.45. The van der Waals surface area contributed by atoms with Crippen molar-refractivity contribution in [1.29, 1.82) is 0 Å². The van der Waals surface area contributed by atoms with Crippen LogP contribution in [0.3, 0.4) is 0 Å². The van der Waals surface area contributed by atoms with Crippen LogP contribution in [0.2, 0.25) is 5.02 Å². The second kappa shape index (κ2) is 5.84. The minimum atomic E-state index is -0.0517. The van der Waals surface area contributed by atoms with E-state index >= 15 is 0 Å². The Hall–Kier alpha value is -0.590. The zero-order valence-electron chi connectivity index (χ0n) is 8.74. The Bertz CT molecular complexity index is 541. The summed E-state index contributed by atoms with van der Waals surface area (Å²) in [6.45, 7) is 0.492. The largest absolute Gasteiger partial charge is 0.348 e. The van der Waals surface area contributed by atoms with Gasteiger partial charge in [-0.1, -0.05) is 23.7 Å². The highest BCUT2D eigenvalue weighted by atomic mass is 127. The van der Waals surface area contributed by atoms with Crippen molar-refractivity contribution in [2.75, 3.05) is 0 Å². The summed E-state index contributed by atoms with van der Waals surface area (Å²) in [6, 6.07) is 9.34. The summed E-state index contributed by atoms with van der Waals surface area (Å²) < 4.78 is 1.11. The van der Waals surface area contributed by atoms with Crippen LogP contribution < -0.4 is 5.32 Å². The van der Waals surface area contributed by atoms with Crippen molar-refractivity contribution in [3.8, 4) is 0 Å². The number of benzene rings is 1. The molecule has 0 saturated carbocycles. The summed E-state index contributed by atoms with van der Waals surface area (Å²) in [6.07, 6.45) is 0. The molecule has 0 unspecified atom stereocenters. The lowest BCUT2D eigenvalue weighted by Crippen LogP contribution is -2.22. The first-order chi connectivity index (χ1) is 8.15. The molecule has 2 nitrogen and oxygen atoms in total. The lowest BCUT2D eigenvalue weighted by Gasteiger charge is -2.04. The standard InChI is InChI=1S/C12H9ClINOS/c13-10-3-1-2-8(4-10)6-15-12(16)9-5-11(14)17-7-9/h1-5,7H,6H2,(H,15,16). The van der Waals surface area contributed by atoms with E-state index < -0.39 is 0 Å². The Balaban J connectivity index is 1.97. The van der Waals surface area contributed by atoms with Crippen molar-refractivity contribution in [2.45, 2.75) is 6.54 Å². The van der Waals surface area contributed by atoms with Gasteiger partial charge in [-0.15, -0.1) is 11.3 Å². The molecule has 1 amide bonds. The van der Waals surface area contributed by atoms with E-state index in [-0.39, 0.29) is 5.91 Å². The normalized spacial score (nSPS) is 10.2. The number of nitrogens with one attached hydrogen (secondary N) is 1. The fourth-order valence-corrected chi connectivity index (χ4v) is 2.90. The van der Waals surface area contributed by atoms with E-state index in [2.05, 4.69) is 27.9 Å². The van der Waals surface area contributed by atoms with E-state index in [9.17, 15) is 4.79 Å². The summed E-state index contributed by atoms with van der Waals surface area (Å²) in [5.41, 5.74) is 1.71. The minimum Gasteiger partial charge on any atom is -0.348 e. The van der Waals surface area contributed by atoms with Crippen molar-refractivity contribution in [3.05, 3.63) is 54.7 Å². The van der Waals surface area contributed by atoms with Gasteiger partial charge in [0.15, 0.2) is 0 Å². The molecule has 1 heterocycles. The number of rotatable bonds is 3. The SMILES string of the molecule is O=C(NCc1cccc(Cl)c1)c1csc(I)c1. The van der Waals surface area contributed by atoms with Crippen LogP contribution in [-0.4, -0.2) is 5.91 Å². The number of thiophene rings is 1. The van der Waals surface area contributed by atoms with Gasteiger partial charge in [-0.05, 0) is 46.4 Å². The molecule has 17 heavy (non-hydrogen) atoms. The van der Waals surface area contributed by atoms with Gasteiger partial charge in [-0.2, -0.15) is 0 Å². The smallest absolute Gasteiger partial charge is 0.252 e. The first kappa shape index (κ1) is 12.9. The molecule has 0 spiro atoms. The van der Waals surface area contributed by atoms with Gasteiger partial charge < -0.3 is 5.32 Å². The van der Waals surface area contributed by atoms with Crippen LogP contribution in [0.15, 0.2) is 35.7 Å². The van der Waals surface area contributed by atoms with Gasteiger partial charge in [0.1, 0.15) is 0 Å². The van der Waals surface area contributed by atoms with E-state index in [0.29, 0.717) is 17.1 Å². The van der Waals surface area contributed by atoms with Gasteiger partial charge in [-0.25, -0.2) is 0 Å². The third-order valence-electron chi connectivity index (χ3n) is 2.17. The summed E-state index contributed by atoms with van der Waals surface area (Å²) in [7, 11) is 0. The molecule has 88 valence electrons. The zero-order chi connectivity index (χ0) is 12.3. The zero-order valence-corrected chi connectivity index (χ0v) is 12.5. The number of amides is 1. The quantitative estimate of drug-likeness (QED) is 0.807. The van der Waals surface area contributed by atoms with Gasteiger partial charge in [0.25, 0.3) is 5.91 Å². The fourth-order valence-electron chi connectivity index (χ4n) is 1.36. The molecule has 0 radical (unpaired) electrons. The molecule has 0 atom stereocenters. The maximum atomic E-state index is 11.8. The van der Waals surface area contributed by atoms with Crippen molar-refractivity contribution in [3.63, 3.8) is 0 Å². The van der Waals surface area contributed by atoms with Crippen LogP contribution in [0, 0.1) is 2.88 Å². The topological polar surface area (TPSA) is 29.1 Å². The van der Waals surface area contributed by atoms with Gasteiger partial charge >= 0.3 is 0 Å². The molecule has 0 saturated heterocycles. The van der Waals surface area contributed by atoms with Crippen molar-refractivity contribution in [2.24, 2.45) is 0 Å². The van der Waals surface area contributed by atoms with Gasteiger partial charge in [-0.3, -0.25) is 4.79 Å². The molecular weight excluding hydrogens is 369 g/mol. The van der Waals surface area contributed by atoms with Crippen LogP contribution in [0.25, 0.3) is 0 Å². The van der Waals surface area contributed by atoms with Crippen LogP contribution in [0.1, 0.15) is 15.9 Å². The van der Waals surface area contributed by atoms with Crippen LogP contribution in [0.4, 0.5) is 0 Å².